The molecule has 1 aromatic rings. The maximum Gasteiger partial charge on any atom is 0.750 e. The van der Waals surface area contributed by atoms with E-state index in [1.807, 2.05) is 12.1 Å². The Labute approximate surface area is 176 Å². The Hall–Kier alpha value is -2.29. The van der Waals surface area contributed by atoms with Gasteiger partial charge in [-0.15, -0.1) is 4.52 Å². The minimum absolute atomic E-state index is 0.0662. The summed E-state index contributed by atoms with van der Waals surface area (Å²) in [5.74, 6) is -1.46. The molecule has 2 aliphatic heterocycles. The lowest BCUT2D eigenvalue weighted by Gasteiger charge is -2.26. The number of allylic oxidation sites excluding steroid dienone is 1. The third-order valence-electron chi connectivity index (χ3n) is 4.46. The fourth-order valence-electron chi connectivity index (χ4n) is 3.18. The van der Waals surface area contributed by atoms with E-state index in [0.717, 1.165) is 0 Å². The second kappa shape index (κ2) is 9.68. The molecule has 162 valence electrons. The Bertz CT molecular complexity index is 822. The smallest absolute Gasteiger partial charge is 0.366 e. The van der Waals surface area contributed by atoms with Gasteiger partial charge in [0.05, 0.1) is 6.10 Å². The van der Waals surface area contributed by atoms with Crippen LogP contribution < -0.4 is 10.3 Å². The lowest BCUT2D eigenvalue weighted by atomic mass is 10.1. The first-order valence-electron chi connectivity index (χ1n) is 9.55. The molecule has 2 aliphatic rings. The van der Waals surface area contributed by atoms with Crippen LogP contribution in [0.3, 0.4) is 0 Å². The lowest BCUT2D eigenvalue weighted by Crippen LogP contribution is -2.36. The van der Waals surface area contributed by atoms with Crippen LogP contribution in [0.5, 0.6) is 5.75 Å². The second-order valence-corrected chi connectivity index (χ2v) is 8.33. The molecule has 1 saturated heterocycles. The number of carbonyl (C=O) groups is 1. The molecule has 1 fully saturated rings. The molecule has 2 heterocycles. The van der Waals surface area contributed by atoms with Crippen molar-refractivity contribution in [2.75, 3.05) is 6.61 Å². The number of nitrogens with two attached hydrogens (primary N) is 1. The summed E-state index contributed by atoms with van der Waals surface area (Å²) in [6.45, 7) is 2.97. The largest absolute Gasteiger partial charge is 0.750 e. The predicted octanol–water partition coefficient (Wildman–Crippen LogP) is 2.56. The van der Waals surface area contributed by atoms with Gasteiger partial charge in [-0.2, -0.15) is 0 Å². The van der Waals surface area contributed by atoms with Gasteiger partial charge in [0.25, 0.3) is 0 Å². The van der Waals surface area contributed by atoms with Gasteiger partial charge in [-0.3, -0.25) is 4.79 Å². The molecule has 9 nitrogen and oxygen atoms in total. The first-order chi connectivity index (χ1) is 14.2. The highest BCUT2D eigenvalue weighted by molar-refractivity contribution is 7.33. The minimum Gasteiger partial charge on any atom is -0.366 e. The Kier molecular flexibility index (Phi) is 7.23. The standard InChI is InChI=1S/C20H25N2O7P/c1-20(2,24)28-16-11-18(22-10-6-7-14(12-22)19(21)23)27-17(16)13-26-30(25)29-15-8-4-3-5-9-15/h3-6,8-10,12,16-18,24H,7,11,13H2,1-2H3,(H-,21,23)/p+1/t16?,17?,18-/m1/s1. The predicted molar refractivity (Wildman–Crippen MR) is 108 cm³/mol. The molecule has 0 bridgehead atoms. The number of hydrogen-bond donors (Lipinski definition) is 2. The van der Waals surface area contributed by atoms with Gasteiger partial charge >= 0.3 is 8.25 Å². The molecule has 3 rings (SSSR count). The summed E-state index contributed by atoms with van der Waals surface area (Å²) in [5.41, 5.74) is 5.84. The summed E-state index contributed by atoms with van der Waals surface area (Å²) < 4.78 is 34.5. The molecule has 1 aromatic carbocycles. The molecule has 0 aliphatic carbocycles. The zero-order valence-corrected chi connectivity index (χ0v) is 17.7. The van der Waals surface area contributed by atoms with Crippen molar-refractivity contribution in [2.45, 2.75) is 50.9 Å². The number of amides is 1. The van der Waals surface area contributed by atoms with E-state index in [-0.39, 0.29) is 6.61 Å². The molecule has 10 heteroatoms. The molecule has 4 atom stereocenters. The highest BCUT2D eigenvalue weighted by Crippen LogP contribution is 2.34. The first-order valence-corrected chi connectivity index (χ1v) is 10.6. The van der Waals surface area contributed by atoms with Gasteiger partial charge in [-0.1, -0.05) is 24.3 Å². The van der Waals surface area contributed by atoms with Crippen LogP contribution in [0.15, 0.2) is 54.4 Å². The molecular formula is C20H26N2O7P+. The average molecular weight is 437 g/mol. The van der Waals surface area contributed by atoms with E-state index in [2.05, 4.69) is 0 Å². The third-order valence-corrected chi connectivity index (χ3v) is 5.18. The molecule has 30 heavy (non-hydrogen) atoms. The fraction of sp³-hybridized carbons (Fsp3) is 0.450. The SMILES string of the molecule is CC(C)(O)OC1C[C@H](N2C=CCC(C(N)=O)=C2)OC1CO[P+](=O)Oc1ccccc1. The zero-order chi connectivity index (χ0) is 21.7. The summed E-state index contributed by atoms with van der Waals surface area (Å²) in [7, 11) is -2.42. The van der Waals surface area contributed by atoms with Crippen molar-refractivity contribution >= 4 is 14.2 Å². The summed E-state index contributed by atoms with van der Waals surface area (Å²) in [6, 6.07) is 8.68. The van der Waals surface area contributed by atoms with E-state index in [1.165, 1.54) is 13.8 Å². The number of hydrogen-bond acceptors (Lipinski definition) is 8. The summed E-state index contributed by atoms with van der Waals surface area (Å²) in [4.78, 5) is 13.2. The average Bonchev–Trinajstić information content (AvgIpc) is 3.08. The molecule has 0 saturated carbocycles. The van der Waals surface area contributed by atoms with E-state index in [4.69, 9.17) is 24.3 Å². The number of aliphatic hydroxyl groups is 1. The van der Waals surface area contributed by atoms with Crippen LogP contribution in [0.25, 0.3) is 0 Å². The second-order valence-electron chi connectivity index (χ2n) is 7.45. The molecule has 0 aromatic heterocycles. The molecule has 3 N–H and O–H groups in total. The zero-order valence-electron chi connectivity index (χ0n) is 16.8. The van der Waals surface area contributed by atoms with E-state index >= 15 is 0 Å². The van der Waals surface area contributed by atoms with Crippen LogP contribution >= 0.6 is 8.25 Å². The van der Waals surface area contributed by atoms with Crippen LogP contribution in [-0.4, -0.2) is 46.7 Å². The van der Waals surface area contributed by atoms with Gasteiger partial charge in [0, 0.05) is 29.0 Å². The summed E-state index contributed by atoms with van der Waals surface area (Å²) >= 11 is 0. The van der Waals surface area contributed by atoms with Crippen molar-refractivity contribution in [2.24, 2.45) is 5.73 Å². The highest BCUT2D eigenvalue weighted by Gasteiger charge is 2.43. The lowest BCUT2D eigenvalue weighted by molar-refractivity contribution is -0.216. The van der Waals surface area contributed by atoms with Gasteiger partial charge in [0.2, 0.25) is 5.91 Å². The third kappa shape index (κ3) is 6.35. The highest BCUT2D eigenvalue weighted by atomic mass is 31.1. The maximum absolute atomic E-state index is 12.1. The quantitative estimate of drug-likeness (QED) is 0.447. The van der Waals surface area contributed by atoms with E-state index < -0.39 is 38.4 Å². The van der Waals surface area contributed by atoms with Crippen molar-refractivity contribution in [3.63, 3.8) is 0 Å². The molecule has 3 unspecified atom stereocenters. The van der Waals surface area contributed by atoms with Crippen molar-refractivity contribution in [1.29, 1.82) is 0 Å². The number of para-hydroxylation sites is 1. The molecule has 0 radical (unpaired) electrons. The number of nitrogens with zero attached hydrogens (tertiary/aromatic N) is 1. The van der Waals surface area contributed by atoms with Crippen molar-refractivity contribution < 1.29 is 33.0 Å². The van der Waals surface area contributed by atoms with E-state index in [9.17, 15) is 14.5 Å². The Balaban J connectivity index is 1.63. The normalized spacial score (nSPS) is 24.5. The summed E-state index contributed by atoms with van der Waals surface area (Å²) in [6.07, 6.45) is 4.47. The van der Waals surface area contributed by atoms with E-state index in [0.29, 0.717) is 24.2 Å². The Morgan fingerprint density at radius 3 is 2.77 bits per heavy atom. The van der Waals surface area contributed by atoms with Gasteiger partial charge in [0.1, 0.15) is 18.9 Å². The van der Waals surface area contributed by atoms with Crippen molar-refractivity contribution in [3.05, 3.63) is 54.4 Å². The molecule has 1 amide bonds. The van der Waals surface area contributed by atoms with Gasteiger partial charge in [-0.25, -0.2) is 4.52 Å². The number of carbonyl (C=O) groups excluding carboxylic acids is 1. The first kappa shape index (κ1) is 22.4. The number of ether oxygens (including phenoxy) is 2. The van der Waals surface area contributed by atoms with Gasteiger partial charge in [0.15, 0.2) is 11.5 Å². The monoisotopic (exact) mass is 437 g/mol. The Morgan fingerprint density at radius 1 is 1.37 bits per heavy atom. The number of rotatable bonds is 9. The van der Waals surface area contributed by atoms with E-state index in [1.54, 1.807) is 41.6 Å². The number of primary amides is 1. The summed E-state index contributed by atoms with van der Waals surface area (Å²) in [5, 5.41) is 10.1. The van der Waals surface area contributed by atoms with Crippen molar-refractivity contribution in [3.8, 4) is 5.75 Å². The van der Waals surface area contributed by atoms with Crippen LogP contribution in [0.1, 0.15) is 26.7 Å². The van der Waals surface area contributed by atoms with Crippen LogP contribution in [0, 0.1) is 0 Å². The van der Waals surface area contributed by atoms with Crippen molar-refractivity contribution in [1.82, 2.24) is 4.90 Å². The van der Waals surface area contributed by atoms with Crippen LogP contribution in [0.2, 0.25) is 0 Å². The number of benzene rings is 1. The van der Waals surface area contributed by atoms with Gasteiger partial charge in [-0.05, 0) is 32.4 Å². The topological polar surface area (TPSA) is 121 Å². The Morgan fingerprint density at radius 2 is 2.10 bits per heavy atom. The van der Waals surface area contributed by atoms with Gasteiger partial charge < -0.3 is 25.2 Å². The maximum atomic E-state index is 12.1. The minimum atomic E-state index is -2.42. The molecular weight excluding hydrogens is 411 g/mol. The van der Waals surface area contributed by atoms with Crippen LogP contribution in [-0.2, 0) is 23.4 Å². The van der Waals surface area contributed by atoms with Crippen LogP contribution in [0.4, 0.5) is 0 Å². The molecule has 0 spiro atoms. The fourth-order valence-corrected chi connectivity index (χ4v) is 3.79.